The third-order valence-corrected chi connectivity index (χ3v) is 2.56. The molecule has 0 aromatic carbocycles. The molecule has 0 aliphatic rings. The number of aromatic nitrogens is 4. The summed E-state index contributed by atoms with van der Waals surface area (Å²) in [7, 11) is 0. The summed E-state index contributed by atoms with van der Waals surface area (Å²) in [6.07, 6.45) is 3.45. The Balaban J connectivity index is 2.36. The van der Waals surface area contributed by atoms with Crippen LogP contribution < -0.4 is 11.5 Å². The van der Waals surface area contributed by atoms with Gasteiger partial charge in [-0.25, -0.2) is 14.6 Å². The molecule has 86 valence electrons. The van der Waals surface area contributed by atoms with Crippen LogP contribution in [0.25, 0.3) is 11.0 Å². The molecule has 0 saturated carbocycles. The first-order valence-electron chi connectivity index (χ1n) is 5.37. The highest BCUT2D eigenvalue weighted by Crippen LogP contribution is 2.20. The molecule has 0 radical (unpaired) electrons. The molecule has 0 bridgehead atoms. The van der Waals surface area contributed by atoms with Crippen LogP contribution >= 0.6 is 0 Å². The molecule has 0 fully saturated rings. The van der Waals surface area contributed by atoms with E-state index < -0.39 is 0 Å². The quantitative estimate of drug-likeness (QED) is 0.729. The second-order valence-corrected chi connectivity index (χ2v) is 3.76. The summed E-state index contributed by atoms with van der Waals surface area (Å²) in [5, 5.41) is 5.27. The first-order chi connectivity index (χ1) is 7.74. The van der Waals surface area contributed by atoms with Crippen LogP contribution in [0.15, 0.2) is 6.33 Å². The van der Waals surface area contributed by atoms with Gasteiger partial charge < -0.3 is 11.5 Å². The highest BCUT2D eigenvalue weighted by atomic mass is 15.3. The van der Waals surface area contributed by atoms with Crippen LogP contribution in [0.3, 0.4) is 0 Å². The number of hydrogen-bond acceptors (Lipinski definition) is 5. The smallest absolute Gasteiger partial charge is 0.163 e. The van der Waals surface area contributed by atoms with E-state index in [1.54, 1.807) is 0 Å². The van der Waals surface area contributed by atoms with Gasteiger partial charge in [0.05, 0.1) is 11.1 Å². The Kier molecular flexibility index (Phi) is 3.00. The van der Waals surface area contributed by atoms with Gasteiger partial charge in [0.2, 0.25) is 0 Å². The molecule has 0 spiro atoms. The highest BCUT2D eigenvalue weighted by molar-refractivity contribution is 5.87. The standard InChI is InChI=1S/C10H16N6/c1-7-8-9(12)13-6-14-10(8)16(15-7)5-3-2-4-11/h6H,2-5,11H2,1H3,(H2,12,13,14). The fraction of sp³-hybridized carbons (Fsp3) is 0.500. The van der Waals surface area contributed by atoms with Crippen LogP contribution in [0.5, 0.6) is 0 Å². The Morgan fingerprint density at radius 2 is 2.12 bits per heavy atom. The predicted octanol–water partition coefficient (Wildman–Crippen LogP) is 0.456. The molecule has 0 amide bonds. The van der Waals surface area contributed by atoms with Gasteiger partial charge >= 0.3 is 0 Å². The largest absolute Gasteiger partial charge is 0.383 e. The number of nitrogens with zero attached hydrogens (tertiary/aromatic N) is 4. The molecule has 6 heteroatoms. The molecule has 4 N–H and O–H groups in total. The molecule has 2 rings (SSSR count). The average Bonchev–Trinajstić information content (AvgIpc) is 2.58. The van der Waals surface area contributed by atoms with Gasteiger partial charge in [0.15, 0.2) is 5.65 Å². The van der Waals surface area contributed by atoms with Gasteiger partial charge in [0.1, 0.15) is 12.1 Å². The lowest BCUT2D eigenvalue weighted by atomic mass is 10.3. The SMILES string of the molecule is Cc1nn(CCCCN)c2ncnc(N)c12. The minimum atomic E-state index is 0.493. The van der Waals surface area contributed by atoms with Crippen LogP contribution in [0, 0.1) is 6.92 Å². The molecule has 6 nitrogen and oxygen atoms in total. The number of aryl methyl sites for hydroxylation is 2. The first-order valence-corrected chi connectivity index (χ1v) is 5.37. The maximum atomic E-state index is 5.80. The van der Waals surface area contributed by atoms with Crippen molar-refractivity contribution in [2.75, 3.05) is 12.3 Å². The molecular weight excluding hydrogens is 204 g/mol. The van der Waals surface area contributed by atoms with Crippen molar-refractivity contribution in [2.24, 2.45) is 5.73 Å². The van der Waals surface area contributed by atoms with Crippen LogP contribution in [-0.2, 0) is 6.54 Å². The minimum Gasteiger partial charge on any atom is -0.383 e. The second-order valence-electron chi connectivity index (χ2n) is 3.76. The van der Waals surface area contributed by atoms with Crippen molar-refractivity contribution in [1.82, 2.24) is 19.7 Å². The summed E-state index contributed by atoms with van der Waals surface area (Å²) in [6, 6.07) is 0. The van der Waals surface area contributed by atoms with Crippen LogP contribution in [0.4, 0.5) is 5.82 Å². The van der Waals surface area contributed by atoms with Crippen LogP contribution in [0.1, 0.15) is 18.5 Å². The average molecular weight is 220 g/mol. The number of rotatable bonds is 4. The molecule has 16 heavy (non-hydrogen) atoms. The lowest BCUT2D eigenvalue weighted by Gasteiger charge is -2.01. The lowest BCUT2D eigenvalue weighted by Crippen LogP contribution is -2.05. The first kappa shape index (κ1) is 10.8. The monoisotopic (exact) mass is 220 g/mol. The molecule has 0 atom stereocenters. The molecule has 2 aromatic rings. The van der Waals surface area contributed by atoms with Crippen molar-refractivity contribution in [3.63, 3.8) is 0 Å². The number of anilines is 1. The maximum Gasteiger partial charge on any atom is 0.163 e. The van der Waals surface area contributed by atoms with Gasteiger partial charge in [-0.1, -0.05) is 0 Å². The van der Waals surface area contributed by atoms with Crippen molar-refractivity contribution in [2.45, 2.75) is 26.3 Å². The Morgan fingerprint density at radius 3 is 2.88 bits per heavy atom. The zero-order valence-electron chi connectivity index (χ0n) is 9.35. The Labute approximate surface area is 93.7 Å². The number of nitrogens with two attached hydrogens (primary N) is 2. The molecule has 0 unspecified atom stereocenters. The van der Waals surface area contributed by atoms with Crippen LogP contribution in [0.2, 0.25) is 0 Å². The minimum absolute atomic E-state index is 0.493. The summed E-state index contributed by atoms with van der Waals surface area (Å²) in [4.78, 5) is 8.19. The van der Waals surface area contributed by atoms with Gasteiger partial charge in [0, 0.05) is 6.54 Å². The third-order valence-electron chi connectivity index (χ3n) is 2.56. The van der Waals surface area contributed by atoms with E-state index in [2.05, 4.69) is 15.1 Å². The molecule has 2 heterocycles. The van der Waals surface area contributed by atoms with Crippen molar-refractivity contribution >= 4 is 16.9 Å². The van der Waals surface area contributed by atoms with Crippen LogP contribution in [-0.4, -0.2) is 26.3 Å². The van der Waals surface area contributed by atoms with E-state index in [9.17, 15) is 0 Å². The zero-order valence-corrected chi connectivity index (χ0v) is 9.35. The predicted molar refractivity (Wildman–Crippen MR) is 62.8 cm³/mol. The molecule has 0 aliphatic carbocycles. The summed E-state index contributed by atoms with van der Waals surface area (Å²) in [6.45, 7) is 3.44. The summed E-state index contributed by atoms with van der Waals surface area (Å²) in [5.74, 6) is 0.493. The summed E-state index contributed by atoms with van der Waals surface area (Å²) >= 11 is 0. The molecule has 0 saturated heterocycles. The number of nitrogen functional groups attached to an aromatic ring is 1. The summed E-state index contributed by atoms with van der Waals surface area (Å²) in [5.41, 5.74) is 12.9. The third kappa shape index (κ3) is 1.83. The van der Waals surface area contributed by atoms with Crippen molar-refractivity contribution in [3.05, 3.63) is 12.0 Å². The molecule has 0 aliphatic heterocycles. The van der Waals surface area contributed by atoms with Gasteiger partial charge in [0.25, 0.3) is 0 Å². The normalized spacial score (nSPS) is 11.1. The van der Waals surface area contributed by atoms with Gasteiger partial charge in [-0.05, 0) is 26.3 Å². The van der Waals surface area contributed by atoms with Gasteiger partial charge in [-0.2, -0.15) is 5.10 Å². The zero-order chi connectivity index (χ0) is 11.5. The van der Waals surface area contributed by atoms with E-state index in [4.69, 9.17) is 11.5 Å². The lowest BCUT2D eigenvalue weighted by molar-refractivity contribution is 0.569. The maximum absolute atomic E-state index is 5.80. The van der Waals surface area contributed by atoms with E-state index in [1.165, 1.54) is 6.33 Å². The Hall–Kier alpha value is -1.69. The van der Waals surface area contributed by atoms with Crippen molar-refractivity contribution in [1.29, 1.82) is 0 Å². The fourth-order valence-corrected chi connectivity index (χ4v) is 1.77. The van der Waals surface area contributed by atoms with Gasteiger partial charge in [-0.15, -0.1) is 0 Å². The fourth-order valence-electron chi connectivity index (χ4n) is 1.77. The van der Waals surface area contributed by atoms with Crippen molar-refractivity contribution < 1.29 is 0 Å². The number of unbranched alkanes of at least 4 members (excludes halogenated alkanes) is 1. The number of hydrogen-bond donors (Lipinski definition) is 2. The van der Waals surface area contributed by atoms with E-state index in [-0.39, 0.29) is 0 Å². The molecule has 2 aromatic heterocycles. The van der Waals surface area contributed by atoms with E-state index >= 15 is 0 Å². The molecular formula is C10H16N6. The van der Waals surface area contributed by atoms with Gasteiger partial charge in [-0.3, -0.25) is 0 Å². The highest BCUT2D eigenvalue weighted by Gasteiger charge is 2.11. The van der Waals surface area contributed by atoms with E-state index in [0.29, 0.717) is 12.4 Å². The van der Waals surface area contributed by atoms with E-state index in [0.717, 1.165) is 36.1 Å². The second kappa shape index (κ2) is 4.44. The Bertz CT molecular complexity index is 489. The van der Waals surface area contributed by atoms with E-state index in [1.807, 2.05) is 11.6 Å². The van der Waals surface area contributed by atoms with Crippen molar-refractivity contribution in [3.8, 4) is 0 Å². The topological polar surface area (TPSA) is 95.6 Å². The summed E-state index contributed by atoms with van der Waals surface area (Å²) < 4.78 is 1.87. The number of fused-ring (bicyclic) bond motifs is 1. The Morgan fingerprint density at radius 1 is 1.31 bits per heavy atom.